The third kappa shape index (κ3) is 3.22. The molecule has 0 amide bonds. The molecule has 0 aliphatic carbocycles. The number of halogens is 5. The Morgan fingerprint density at radius 2 is 1.90 bits per heavy atom. The van der Waals surface area contributed by atoms with Gasteiger partial charge in [-0.3, -0.25) is 0 Å². The van der Waals surface area contributed by atoms with Crippen LogP contribution >= 0.6 is 11.6 Å². The van der Waals surface area contributed by atoms with Crippen LogP contribution in [0.15, 0.2) is 34.9 Å². The van der Waals surface area contributed by atoms with Crippen molar-refractivity contribution in [3.05, 3.63) is 36.1 Å². The molecule has 0 bridgehead atoms. The Labute approximate surface area is 116 Å². The van der Waals surface area contributed by atoms with Crippen molar-refractivity contribution < 1.29 is 26.8 Å². The van der Waals surface area contributed by atoms with Crippen molar-refractivity contribution in [1.82, 2.24) is 5.16 Å². The molecule has 0 aliphatic rings. The fourth-order valence-corrected chi connectivity index (χ4v) is 1.53. The van der Waals surface area contributed by atoms with E-state index in [0.29, 0.717) is 17.0 Å². The van der Waals surface area contributed by atoms with Gasteiger partial charge in [-0.05, 0) is 24.3 Å². The van der Waals surface area contributed by atoms with Crippen LogP contribution < -0.4 is 4.74 Å². The van der Waals surface area contributed by atoms with Crippen LogP contribution in [0.5, 0.6) is 5.75 Å². The van der Waals surface area contributed by atoms with Crippen LogP contribution in [0.1, 0.15) is 5.76 Å². The van der Waals surface area contributed by atoms with Gasteiger partial charge in [0.05, 0.1) is 5.88 Å². The number of benzene rings is 1. The van der Waals surface area contributed by atoms with Gasteiger partial charge in [0, 0.05) is 11.6 Å². The van der Waals surface area contributed by atoms with E-state index in [1.165, 1.54) is 12.1 Å². The zero-order chi connectivity index (χ0) is 14.8. The van der Waals surface area contributed by atoms with Gasteiger partial charge in [0.15, 0.2) is 5.76 Å². The second-order valence-electron chi connectivity index (χ2n) is 3.80. The quantitative estimate of drug-likeness (QED) is 0.609. The van der Waals surface area contributed by atoms with Gasteiger partial charge in [0.2, 0.25) is 0 Å². The van der Waals surface area contributed by atoms with E-state index in [0.717, 1.165) is 12.1 Å². The maximum absolute atomic E-state index is 12.7. The van der Waals surface area contributed by atoms with Crippen LogP contribution in [-0.2, 0) is 5.88 Å². The van der Waals surface area contributed by atoms with E-state index in [4.69, 9.17) is 16.1 Å². The molecule has 0 aliphatic heterocycles. The number of ether oxygens (including phenoxy) is 1. The van der Waals surface area contributed by atoms with E-state index in [9.17, 15) is 17.6 Å². The molecule has 108 valence electrons. The topological polar surface area (TPSA) is 35.3 Å². The minimum Gasteiger partial charge on any atom is -0.428 e. The van der Waals surface area contributed by atoms with Gasteiger partial charge < -0.3 is 9.26 Å². The van der Waals surface area contributed by atoms with Crippen LogP contribution in [0.3, 0.4) is 0 Å². The first-order chi connectivity index (χ1) is 9.42. The zero-order valence-corrected chi connectivity index (χ0v) is 10.6. The van der Waals surface area contributed by atoms with Gasteiger partial charge in [0.1, 0.15) is 11.4 Å². The van der Waals surface area contributed by atoms with Crippen molar-refractivity contribution in [2.24, 2.45) is 0 Å². The molecule has 20 heavy (non-hydrogen) atoms. The van der Waals surface area contributed by atoms with Gasteiger partial charge in [0.25, 0.3) is 0 Å². The van der Waals surface area contributed by atoms with Crippen molar-refractivity contribution in [1.29, 1.82) is 0 Å². The summed E-state index contributed by atoms with van der Waals surface area (Å²) in [6.07, 6.45) is -8.43. The lowest BCUT2D eigenvalue weighted by Crippen LogP contribution is -2.33. The highest BCUT2D eigenvalue weighted by molar-refractivity contribution is 6.16. The van der Waals surface area contributed by atoms with Crippen LogP contribution in [0, 0.1) is 0 Å². The van der Waals surface area contributed by atoms with Crippen molar-refractivity contribution in [2.45, 2.75) is 18.4 Å². The van der Waals surface area contributed by atoms with Crippen LogP contribution in [0.25, 0.3) is 11.3 Å². The first-order valence-electron chi connectivity index (χ1n) is 5.39. The lowest BCUT2D eigenvalue weighted by molar-refractivity contribution is -0.253. The summed E-state index contributed by atoms with van der Waals surface area (Å²) in [5.41, 5.74) is 1.01. The molecule has 8 heteroatoms. The predicted octanol–water partition coefficient (Wildman–Crippen LogP) is 4.32. The lowest BCUT2D eigenvalue weighted by Gasteiger charge is -2.16. The van der Waals surface area contributed by atoms with Gasteiger partial charge in [-0.25, -0.2) is 0 Å². The predicted molar refractivity (Wildman–Crippen MR) is 63.1 cm³/mol. The molecular weight excluding hydrogens is 302 g/mol. The van der Waals surface area contributed by atoms with Gasteiger partial charge in [-0.1, -0.05) is 5.16 Å². The highest BCUT2D eigenvalue weighted by atomic mass is 35.5. The Bertz CT molecular complexity index is 571. The fraction of sp³-hybridized carbons (Fsp3) is 0.250. The molecule has 0 unspecified atom stereocenters. The number of aromatic nitrogens is 1. The average molecular weight is 310 g/mol. The summed E-state index contributed by atoms with van der Waals surface area (Å²) < 4.78 is 58.1. The molecule has 2 aromatic rings. The summed E-state index contributed by atoms with van der Waals surface area (Å²) in [6, 6.07) is 6.65. The molecule has 0 saturated carbocycles. The Kier molecular flexibility index (Phi) is 4.17. The molecule has 0 N–H and O–H groups in total. The molecule has 0 fully saturated rings. The minimum absolute atomic E-state index is 0.148. The summed E-state index contributed by atoms with van der Waals surface area (Å²) >= 11 is 5.55. The van der Waals surface area contributed by atoms with E-state index in [1.54, 1.807) is 6.07 Å². The average Bonchev–Trinajstić information content (AvgIpc) is 2.88. The SMILES string of the molecule is FC(F)C(F)(F)Oc1ccc(-c2cc(CCl)on2)cc1. The second-order valence-corrected chi connectivity index (χ2v) is 4.07. The number of rotatable bonds is 5. The molecule has 1 heterocycles. The molecule has 1 aromatic carbocycles. The Morgan fingerprint density at radius 1 is 1.25 bits per heavy atom. The summed E-state index contributed by atoms with van der Waals surface area (Å²) in [7, 11) is 0. The Hall–Kier alpha value is -1.76. The summed E-state index contributed by atoms with van der Waals surface area (Å²) in [6.45, 7) is 0. The van der Waals surface area contributed by atoms with Crippen molar-refractivity contribution in [2.75, 3.05) is 0 Å². The third-order valence-electron chi connectivity index (χ3n) is 2.35. The van der Waals surface area contributed by atoms with Crippen molar-refractivity contribution in [3.63, 3.8) is 0 Å². The molecule has 0 spiro atoms. The highest BCUT2D eigenvalue weighted by Crippen LogP contribution is 2.29. The van der Waals surface area contributed by atoms with Gasteiger partial charge in [-0.15, -0.1) is 11.6 Å². The fourth-order valence-electron chi connectivity index (χ4n) is 1.41. The van der Waals surface area contributed by atoms with Crippen LogP contribution in [0.4, 0.5) is 17.6 Å². The number of hydrogen-bond acceptors (Lipinski definition) is 3. The molecule has 0 atom stereocenters. The smallest absolute Gasteiger partial charge is 0.428 e. The van der Waals surface area contributed by atoms with Crippen molar-refractivity contribution >= 4 is 11.6 Å². The van der Waals surface area contributed by atoms with Gasteiger partial charge in [-0.2, -0.15) is 17.6 Å². The van der Waals surface area contributed by atoms with Crippen molar-refractivity contribution in [3.8, 4) is 17.0 Å². The largest absolute Gasteiger partial charge is 0.461 e. The summed E-state index contributed by atoms with van der Waals surface area (Å²) in [4.78, 5) is 0. The van der Waals surface area contributed by atoms with Crippen LogP contribution in [-0.4, -0.2) is 17.7 Å². The zero-order valence-electron chi connectivity index (χ0n) is 9.82. The number of hydrogen-bond donors (Lipinski definition) is 0. The Morgan fingerprint density at radius 3 is 2.40 bits per heavy atom. The van der Waals surface area contributed by atoms with E-state index in [2.05, 4.69) is 9.89 Å². The van der Waals surface area contributed by atoms with E-state index < -0.39 is 12.5 Å². The Balaban J connectivity index is 2.14. The number of alkyl halides is 5. The monoisotopic (exact) mass is 309 g/mol. The maximum Gasteiger partial charge on any atom is 0.461 e. The van der Waals surface area contributed by atoms with Gasteiger partial charge >= 0.3 is 12.5 Å². The molecule has 3 nitrogen and oxygen atoms in total. The first kappa shape index (κ1) is 14.6. The molecule has 2 rings (SSSR count). The van der Waals surface area contributed by atoms with Crippen LogP contribution in [0.2, 0.25) is 0 Å². The van der Waals surface area contributed by atoms with E-state index >= 15 is 0 Å². The summed E-state index contributed by atoms with van der Waals surface area (Å²) in [5, 5.41) is 3.72. The molecule has 1 aromatic heterocycles. The molecular formula is C12H8ClF4NO2. The number of nitrogens with zero attached hydrogens (tertiary/aromatic N) is 1. The third-order valence-corrected chi connectivity index (χ3v) is 2.61. The highest BCUT2D eigenvalue weighted by Gasteiger charge is 2.43. The standard InChI is InChI=1S/C12H8ClF4NO2/c13-6-9-5-10(18-20-9)7-1-3-8(4-2-7)19-12(16,17)11(14)15/h1-5,11H,6H2. The molecule has 0 radical (unpaired) electrons. The van der Waals surface area contributed by atoms with E-state index in [1.807, 2.05) is 0 Å². The second kappa shape index (κ2) is 5.70. The normalized spacial score (nSPS) is 11.9. The van der Waals surface area contributed by atoms with E-state index in [-0.39, 0.29) is 11.6 Å². The maximum atomic E-state index is 12.7. The first-order valence-corrected chi connectivity index (χ1v) is 5.93. The molecule has 0 saturated heterocycles. The summed E-state index contributed by atoms with van der Waals surface area (Å²) in [5.74, 6) is 0.223. The minimum atomic E-state index is -4.53. The lowest BCUT2D eigenvalue weighted by atomic mass is 10.1.